The van der Waals surface area contributed by atoms with Crippen molar-refractivity contribution in [3.8, 4) is 0 Å². The van der Waals surface area contributed by atoms with Gasteiger partial charge in [0.15, 0.2) is 0 Å². The molecule has 70 valence electrons. The Hall–Kier alpha value is -0.900. The molecule has 0 amide bonds. The number of ether oxygens (including phenoxy) is 1. The fourth-order valence-corrected chi connectivity index (χ4v) is 0.924. The fraction of sp³-hybridized carbons (Fsp3) is 0.222. The van der Waals surface area contributed by atoms with Gasteiger partial charge in [0.05, 0.1) is 0 Å². The number of halogens is 2. The highest BCUT2D eigenvalue weighted by molar-refractivity contribution is 9.09. The summed E-state index contributed by atoms with van der Waals surface area (Å²) in [5, 5.41) is -1.74. The smallest absolute Gasteiger partial charge is 0.352 e. The lowest BCUT2D eigenvalue weighted by Gasteiger charge is -2.03. The van der Waals surface area contributed by atoms with Crippen molar-refractivity contribution in [3.05, 3.63) is 35.9 Å². The highest BCUT2D eigenvalue weighted by atomic mass is 79.9. The SMILES string of the molecule is O=C(OCc1ccccc1)C(F)Br. The maximum absolute atomic E-state index is 12.2. The molecule has 0 bridgehead atoms. The van der Waals surface area contributed by atoms with E-state index in [1.165, 1.54) is 0 Å². The lowest BCUT2D eigenvalue weighted by atomic mass is 10.2. The summed E-state index contributed by atoms with van der Waals surface area (Å²) >= 11 is 2.47. The molecule has 1 aromatic carbocycles. The Kier molecular flexibility index (Phi) is 3.89. The molecule has 1 atom stereocenters. The Bertz CT molecular complexity index is 274. The van der Waals surface area contributed by atoms with Crippen molar-refractivity contribution in [2.24, 2.45) is 0 Å². The van der Waals surface area contributed by atoms with Crippen molar-refractivity contribution in [2.75, 3.05) is 0 Å². The monoisotopic (exact) mass is 246 g/mol. The zero-order valence-electron chi connectivity index (χ0n) is 6.74. The summed E-state index contributed by atoms with van der Waals surface area (Å²) in [6.07, 6.45) is 0. The largest absolute Gasteiger partial charge is 0.458 e. The maximum atomic E-state index is 12.2. The summed E-state index contributed by atoms with van der Waals surface area (Å²) in [5.74, 6) is -0.899. The Morgan fingerprint density at radius 1 is 1.46 bits per heavy atom. The highest BCUT2D eigenvalue weighted by Crippen LogP contribution is 2.06. The summed E-state index contributed by atoms with van der Waals surface area (Å²) in [4.78, 5) is 10.7. The first kappa shape index (κ1) is 10.2. The molecule has 0 spiro atoms. The molecular weight excluding hydrogens is 239 g/mol. The number of carbonyl (C=O) groups is 1. The van der Waals surface area contributed by atoms with Crippen molar-refractivity contribution in [1.82, 2.24) is 0 Å². The standard InChI is InChI=1S/C9H8BrFO2/c10-8(11)9(12)13-6-7-4-2-1-3-5-7/h1-5,8H,6H2. The second-order valence-corrected chi connectivity index (χ2v) is 3.20. The van der Waals surface area contributed by atoms with Crippen molar-refractivity contribution in [2.45, 2.75) is 11.7 Å². The molecule has 1 unspecified atom stereocenters. The lowest BCUT2D eigenvalue weighted by molar-refractivity contribution is -0.147. The second kappa shape index (κ2) is 4.97. The summed E-state index contributed by atoms with van der Waals surface area (Å²) in [7, 11) is 0. The Morgan fingerprint density at radius 2 is 2.08 bits per heavy atom. The van der Waals surface area contributed by atoms with Gasteiger partial charge in [-0.3, -0.25) is 0 Å². The average molecular weight is 247 g/mol. The van der Waals surface area contributed by atoms with E-state index in [1.807, 2.05) is 18.2 Å². The van der Waals surface area contributed by atoms with E-state index < -0.39 is 11.1 Å². The van der Waals surface area contributed by atoms with Gasteiger partial charge in [0.25, 0.3) is 5.08 Å². The first-order chi connectivity index (χ1) is 6.20. The average Bonchev–Trinajstić information content (AvgIpc) is 2.15. The Labute approximate surface area is 83.8 Å². The van der Waals surface area contributed by atoms with Crippen LogP contribution in [0.2, 0.25) is 0 Å². The molecule has 0 aliphatic carbocycles. The summed E-state index contributed by atoms with van der Waals surface area (Å²) in [6, 6.07) is 9.10. The van der Waals surface area contributed by atoms with Crippen LogP contribution in [0.15, 0.2) is 30.3 Å². The molecule has 0 aliphatic heterocycles. The van der Waals surface area contributed by atoms with E-state index in [0.29, 0.717) is 0 Å². The van der Waals surface area contributed by atoms with Crippen LogP contribution in [0.5, 0.6) is 0 Å². The van der Waals surface area contributed by atoms with Crippen molar-refractivity contribution in [3.63, 3.8) is 0 Å². The molecule has 0 radical (unpaired) electrons. The molecule has 0 N–H and O–H groups in total. The molecule has 0 saturated heterocycles. The van der Waals surface area contributed by atoms with Gasteiger partial charge in [-0.2, -0.15) is 0 Å². The predicted molar refractivity (Wildman–Crippen MR) is 50.1 cm³/mol. The van der Waals surface area contributed by atoms with Gasteiger partial charge in [-0.25, -0.2) is 9.18 Å². The Balaban J connectivity index is 2.40. The number of hydrogen-bond acceptors (Lipinski definition) is 2. The van der Waals surface area contributed by atoms with Gasteiger partial charge in [0.1, 0.15) is 6.61 Å². The van der Waals surface area contributed by atoms with E-state index in [2.05, 4.69) is 20.7 Å². The fourth-order valence-electron chi connectivity index (χ4n) is 0.792. The van der Waals surface area contributed by atoms with Crippen LogP contribution in [0.3, 0.4) is 0 Å². The number of benzene rings is 1. The van der Waals surface area contributed by atoms with Gasteiger partial charge < -0.3 is 4.74 Å². The van der Waals surface area contributed by atoms with Crippen molar-refractivity contribution in [1.29, 1.82) is 0 Å². The zero-order chi connectivity index (χ0) is 9.68. The van der Waals surface area contributed by atoms with Gasteiger partial charge in [0, 0.05) is 0 Å². The van der Waals surface area contributed by atoms with E-state index in [1.54, 1.807) is 12.1 Å². The third-order valence-electron chi connectivity index (χ3n) is 1.40. The van der Waals surface area contributed by atoms with Crippen LogP contribution in [0.25, 0.3) is 0 Å². The lowest BCUT2D eigenvalue weighted by Crippen LogP contribution is -2.12. The third kappa shape index (κ3) is 3.55. The van der Waals surface area contributed by atoms with Crippen LogP contribution in [0.1, 0.15) is 5.56 Å². The predicted octanol–water partition coefficient (Wildman–Crippen LogP) is 2.42. The van der Waals surface area contributed by atoms with Gasteiger partial charge in [-0.15, -0.1) is 0 Å². The summed E-state index contributed by atoms with van der Waals surface area (Å²) in [6.45, 7) is 0.103. The van der Waals surface area contributed by atoms with Gasteiger partial charge >= 0.3 is 5.97 Å². The number of hydrogen-bond donors (Lipinski definition) is 0. The molecule has 13 heavy (non-hydrogen) atoms. The van der Waals surface area contributed by atoms with Crippen LogP contribution in [0.4, 0.5) is 4.39 Å². The first-order valence-electron chi connectivity index (χ1n) is 3.69. The van der Waals surface area contributed by atoms with Crippen LogP contribution >= 0.6 is 15.9 Å². The van der Waals surface area contributed by atoms with E-state index >= 15 is 0 Å². The molecule has 2 nitrogen and oxygen atoms in total. The highest BCUT2D eigenvalue weighted by Gasteiger charge is 2.13. The molecule has 0 fully saturated rings. The van der Waals surface area contributed by atoms with Crippen LogP contribution in [-0.4, -0.2) is 11.1 Å². The number of alkyl halides is 2. The zero-order valence-corrected chi connectivity index (χ0v) is 8.33. The molecule has 0 heterocycles. The molecule has 1 aromatic rings. The minimum atomic E-state index is -1.74. The Morgan fingerprint density at radius 3 is 2.62 bits per heavy atom. The van der Waals surface area contributed by atoms with E-state index in [-0.39, 0.29) is 6.61 Å². The quantitative estimate of drug-likeness (QED) is 0.605. The minimum absolute atomic E-state index is 0.103. The topological polar surface area (TPSA) is 26.3 Å². The first-order valence-corrected chi connectivity index (χ1v) is 4.60. The van der Waals surface area contributed by atoms with E-state index in [0.717, 1.165) is 5.56 Å². The molecule has 0 aromatic heterocycles. The molecular formula is C9H8BrFO2. The normalized spacial score (nSPS) is 12.2. The van der Waals surface area contributed by atoms with Crippen LogP contribution < -0.4 is 0 Å². The second-order valence-electron chi connectivity index (χ2n) is 2.39. The molecule has 4 heteroatoms. The number of esters is 1. The molecule has 0 aliphatic rings. The molecule has 0 saturated carbocycles. The summed E-state index contributed by atoms with van der Waals surface area (Å²) < 4.78 is 16.9. The van der Waals surface area contributed by atoms with Crippen molar-refractivity contribution >= 4 is 21.9 Å². The van der Waals surface area contributed by atoms with Gasteiger partial charge in [-0.05, 0) is 21.5 Å². The number of rotatable bonds is 3. The van der Waals surface area contributed by atoms with Gasteiger partial charge in [-0.1, -0.05) is 30.3 Å². The van der Waals surface area contributed by atoms with E-state index in [4.69, 9.17) is 0 Å². The van der Waals surface area contributed by atoms with Crippen molar-refractivity contribution < 1.29 is 13.9 Å². The van der Waals surface area contributed by atoms with Crippen LogP contribution in [0, 0.1) is 0 Å². The van der Waals surface area contributed by atoms with Crippen LogP contribution in [-0.2, 0) is 16.1 Å². The van der Waals surface area contributed by atoms with Gasteiger partial charge in [0.2, 0.25) is 0 Å². The third-order valence-corrected chi connectivity index (χ3v) is 1.78. The van der Waals surface area contributed by atoms with E-state index in [9.17, 15) is 9.18 Å². The maximum Gasteiger partial charge on any atom is 0.352 e. The summed E-state index contributed by atoms with van der Waals surface area (Å²) in [5.41, 5.74) is 0.837. The molecule has 1 rings (SSSR count). The minimum Gasteiger partial charge on any atom is -0.458 e. The number of carbonyl (C=O) groups excluding carboxylic acids is 1.